The van der Waals surface area contributed by atoms with Crippen LogP contribution in [0.1, 0.15) is 20.3 Å². The SMILES string of the molecule is CC(C)NC(=O)CCOc1ccc(S(N)(=O)=O)c(F)c1F. The molecule has 0 spiro atoms. The van der Waals surface area contributed by atoms with Gasteiger partial charge in [0, 0.05) is 6.04 Å². The molecule has 1 aromatic rings. The average Bonchev–Trinajstić information content (AvgIpc) is 2.32. The monoisotopic (exact) mass is 322 g/mol. The fourth-order valence-electron chi connectivity index (χ4n) is 1.49. The van der Waals surface area contributed by atoms with Gasteiger partial charge in [0.15, 0.2) is 11.6 Å². The van der Waals surface area contributed by atoms with Crippen molar-refractivity contribution in [2.45, 2.75) is 31.2 Å². The maximum absolute atomic E-state index is 13.6. The number of ether oxygens (including phenoxy) is 1. The molecular weight excluding hydrogens is 306 g/mol. The second-order valence-corrected chi connectivity index (χ2v) is 6.09. The Hall–Kier alpha value is -1.74. The predicted octanol–water partition coefficient (Wildman–Crippen LogP) is 0.906. The van der Waals surface area contributed by atoms with E-state index in [0.717, 1.165) is 12.1 Å². The number of rotatable bonds is 6. The number of amides is 1. The molecule has 0 radical (unpaired) electrons. The first-order chi connectivity index (χ1) is 9.62. The number of hydrogen-bond acceptors (Lipinski definition) is 4. The number of hydrogen-bond donors (Lipinski definition) is 2. The van der Waals surface area contributed by atoms with Gasteiger partial charge in [0.05, 0.1) is 13.0 Å². The van der Waals surface area contributed by atoms with Crippen LogP contribution in [0, 0.1) is 11.6 Å². The summed E-state index contributed by atoms with van der Waals surface area (Å²) in [4.78, 5) is 10.4. The highest BCUT2D eigenvalue weighted by molar-refractivity contribution is 7.89. The summed E-state index contributed by atoms with van der Waals surface area (Å²) in [6.45, 7) is 3.38. The van der Waals surface area contributed by atoms with Crippen LogP contribution in [-0.2, 0) is 14.8 Å². The molecule has 1 aromatic carbocycles. The average molecular weight is 322 g/mol. The highest BCUT2D eigenvalue weighted by atomic mass is 32.2. The summed E-state index contributed by atoms with van der Waals surface area (Å²) in [5, 5.41) is 7.34. The van der Waals surface area contributed by atoms with E-state index >= 15 is 0 Å². The third-order valence-electron chi connectivity index (χ3n) is 2.35. The summed E-state index contributed by atoms with van der Waals surface area (Å²) in [6, 6.07) is 1.70. The number of primary sulfonamides is 1. The van der Waals surface area contributed by atoms with Crippen molar-refractivity contribution in [3.05, 3.63) is 23.8 Å². The Kier molecular flexibility index (Phi) is 5.62. The van der Waals surface area contributed by atoms with E-state index in [-0.39, 0.29) is 25.0 Å². The van der Waals surface area contributed by atoms with Crippen LogP contribution in [0.2, 0.25) is 0 Å². The van der Waals surface area contributed by atoms with E-state index < -0.39 is 32.3 Å². The van der Waals surface area contributed by atoms with Crippen LogP contribution in [0.25, 0.3) is 0 Å². The molecule has 0 aliphatic heterocycles. The highest BCUT2D eigenvalue weighted by Gasteiger charge is 2.21. The standard InChI is InChI=1S/C12H16F2N2O4S/c1-7(2)16-10(17)5-6-20-8-3-4-9(21(15,18)19)12(14)11(8)13/h3-4,7H,5-6H2,1-2H3,(H,16,17)(H2,15,18,19). The molecule has 0 aliphatic rings. The second kappa shape index (κ2) is 6.81. The largest absolute Gasteiger partial charge is 0.490 e. The number of nitrogens with two attached hydrogens (primary N) is 1. The lowest BCUT2D eigenvalue weighted by Crippen LogP contribution is -2.31. The number of carbonyl (C=O) groups is 1. The van der Waals surface area contributed by atoms with Crippen molar-refractivity contribution in [1.82, 2.24) is 5.32 Å². The molecule has 118 valence electrons. The molecule has 0 fully saturated rings. The number of benzene rings is 1. The first-order valence-electron chi connectivity index (χ1n) is 6.06. The lowest BCUT2D eigenvalue weighted by atomic mass is 10.3. The van der Waals surface area contributed by atoms with Gasteiger partial charge in [-0.15, -0.1) is 0 Å². The topological polar surface area (TPSA) is 98.5 Å². The second-order valence-electron chi connectivity index (χ2n) is 4.56. The highest BCUT2D eigenvalue weighted by Crippen LogP contribution is 2.24. The molecule has 0 unspecified atom stereocenters. The first kappa shape index (κ1) is 17.3. The Morgan fingerprint density at radius 3 is 2.48 bits per heavy atom. The Balaban J connectivity index is 2.74. The fourth-order valence-corrected chi connectivity index (χ4v) is 2.09. The van der Waals surface area contributed by atoms with E-state index in [9.17, 15) is 22.0 Å². The van der Waals surface area contributed by atoms with Crippen molar-refractivity contribution in [2.24, 2.45) is 5.14 Å². The molecule has 0 aliphatic carbocycles. The van der Waals surface area contributed by atoms with Gasteiger partial charge in [0.2, 0.25) is 21.7 Å². The van der Waals surface area contributed by atoms with Crippen molar-refractivity contribution >= 4 is 15.9 Å². The van der Waals surface area contributed by atoms with E-state index in [1.54, 1.807) is 13.8 Å². The van der Waals surface area contributed by atoms with Crippen LogP contribution in [0.4, 0.5) is 8.78 Å². The van der Waals surface area contributed by atoms with Gasteiger partial charge in [-0.05, 0) is 26.0 Å². The van der Waals surface area contributed by atoms with Crippen molar-refractivity contribution in [3.8, 4) is 5.75 Å². The zero-order chi connectivity index (χ0) is 16.2. The third kappa shape index (κ3) is 4.94. The zero-order valence-electron chi connectivity index (χ0n) is 11.5. The molecule has 21 heavy (non-hydrogen) atoms. The molecule has 6 nitrogen and oxygen atoms in total. The van der Waals surface area contributed by atoms with Crippen molar-refractivity contribution in [3.63, 3.8) is 0 Å². The van der Waals surface area contributed by atoms with Gasteiger partial charge in [-0.25, -0.2) is 17.9 Å². The van der Waals surface area contributed by atoms with Crippen LogP contribution < -0.4 is 15.2 Å². The quantitative estimate of drug-likeness (QED) is 0.813. The normalized spacial score (nSPS) is 11.5. The summed E-state index contributed by atoms with van der Waals surface area (Å²) in [6.07, 6.45) is -0.0455. The van der Waals surface area contributed by atoms with E-state index in [4.69, 9.17) is 9.88 Å². The van der Waals surface area contributed by atoms with Gasteiger partial charge >= 0.3 is 0 Å². The predicted molar refractivity (Wildman–Crippen MR) is 71.1 cm³/mol. The summed E-state index contributed by atoms with van der Waals surface area (Å²) in [5.41, 5.74) is 0. The first-order valence-corrected chi connectivity index (χ1v) is 7.60. The molecule has 9 heteroatoms. The molecule has 1 amide bonds. The minimum Gasteiger partial charge on any atom is -0.490 e. The summed E-state index contributed by atoms with van der Waals surface area (Å²) >= 11 is 0. The van der Waals surface area contributed by atoms with E-state index in [1.807, 2.05) is 0 Å². The molecule has 3 N–H and O–H groups in total. The number of nitrogens with one attached hydrogen (secondary N) is 1. The zero-order valence-corrected chi connectivity index (χ0v) is 12.3. The van der Waals surface area contributed by atoms with Gasteiger partial charge in [0.25, 0.3) is 0 Å². The Morgan fingerprint density at radius 2 is 1.95 bits per heavy atom. The maximum Gasteiger partial charge on any atom is 0.241 e. The van der Waals surface area contributed by atoms with Crippen LogP contribution in [0.5, 0.6) is 5.75 Å². The van der Waals surface area contributed by atoms with E-state index in [2.05, 4.69) is 5.32 Å². The molecule has 1 rings (SSSR count). The van der Waals surface area contributed by atoms with E-state index in [1.165, 1.54) is 0 Å². The van der Waals surface area contributed by atoms with Gasteiger partial charge in [0.1, 0.15) is 4.90 Å². The van der Waals surface area contributed by atoms with Gasteiger partial charge in [-0.3, -0.25) is 4.79 Å². The molecule has 0 heterocycles. The Morgan fingerprint density at radius 1 is 1.33 bits per heavy atom. The number of halogens is 2. The number of carbonyl (C=O) groups excluding carboxylic acids is 1. The van der Waals surface area contributed by atoms with Crippen LogP contribution in [0.3, 0.4) is 0 Å². The molecule has 0 saturated carbocycles. The molecule has 0 aromatic heterocycles. The number of sulfonamides is 1. The molecule has 0 bridgehead atoms. The third-order valence-corrected chi connectivity index (χ3v) is 3.28. The summed E-state index contributed by atoms with van der Waals surface area (Å²) in [5.74, 6) is -3.86. The minimum absolute atomic E-state index is 0.0410. The van der Waals surface area contributed by atoms with Gasteiger partial charge in [-0.2, -0.15) is 4.39 Å². The lowest BCUT2D eigenvalue weighted by molar-refractivity contribution is -0.122. The van der Waals surface area contributed by atoms with Crippen LogP contribution in [0.15, 0.2) is 17.0 Å². The lowest BCUT2D eigenvalue weighted by Gasteiger charge is -2.11. The van der Waals surface area contributed by atoms with Gasteiger partial charge < -0.3 is 10.1 Å². The Bertz CT molecular complexity index is 632. The molecule has 0 atom stereocenters. The van der Waals surface area contributed by atoms with Crippen molar-refractivity contribution in [2.75, 3.05) is 6.61 Å². The van der Waals surface area contributed by atoms with Crippen LogP contribution >= 0.6 is 0 Å². The van der Waals surface area contributed by atoms with Gasteiger partial charge in [-0.1, -0.05) is 0 Å². The fraction of sp³-hybridized carbons (Fsp3) is 0.417. The maximum atomic E-state index is 13.6. The molecular formula is C12H16F2N2O4S. The summed E-state index contributed by atoms with van der Waals surface area (Å²) < 4.78 is 54.1. The minimum atomic E-state index is -4.35. The smallest absolute Gasteiger partial charge is 0.241 e. The van der Waals surface area contributed by atoms with Crippen molar-refractivity contribution < 1.29 is 26.7 Å². The molecule has 0 saturated heterocycles. The van der Waals surface area contributed by atoms with Crippen LogP contribution in [-0.4, -0.2) is 27.0 Å². The van der Waals surface area contributed by atoms with Crippen molar-refractivity contribution in [1.29, 1.82) is 0 Å². The Labute approximate surface area is 121 Å². The summed E-state index contributed by atoms with van der Waals surface area (Å²) in [7, 11) is -4.35. The van der Waals surface area contributed by atoms with E-state index in [0.29, 0.717) is 0 Å².